The molecule has 0 spiro atoms. The summed E-state index contributed by atoms with van der Waals surface area (Å²) >= 11 is 0. The van der Waals surface area contributed by atoms with Crippen molar-refractivity contribution < 1.29 is 19.1 Å². The number of nitrogens with one attached hydrogen (secondary N) is 1. The minimum atomic E-state index is -0.223. The second-order valence-electron chi connectivity index (χ2n) is 7.75. The van der Waals surface area contributed by atoms with Crippen LogP contribution in [0.4, 0.5) is 16.2 Å². The number of nitrogens with zero attached hydrogens (tertiary/aromatic N) is 2. The van der Waals surface area contributed by atoms with Gasteiger partial charge in [0.05, 0.1) is 20.8 Å². The lowest BCUT2D eigenvalue weighted by Gasteiger charge is -2.36. The standard InChI is InChI=1S/C26H27N3O4/c1-32-23-9-5-8-19(17-23)25(30)27-21-11-13-22(14-12-21)29-16-6-15-28(26(29)31)18-20-7-3-4-10-24(20)33-2/h3-5,7-14,17H,6,15-16,18H2,1-2H3,(H,27,30). The molecule has 0 radical (unpaired) electrons. The third kappa shape index (κ3) is 5.09. The maximum absolute atomic E-state index is 13.2. The molecule has 0 atom stereocenters. The van der Waals surface area contributed by atoms with Crippen molar-refractivity contribution in [3.8, 4) is 11.5 Å². The van der Waals surface area contributed by atoms with Gasteiger partial charge in [-0.1, -0.05) is 24.3 Å². The average molecular weight is 446 g/mol. The molecule has 0 bridgehead atoms. The normalized spacial score (nSPS) is 13.6. The fraction of sp³-hybridized carbons (Fsp3) is 0.231. The van der Waals surface area contributed by atoms with Crippen molar-refractivity contribution >= 4 is 23.3 Å². The van der Waals surface area contributed by atoms with Gasteiger partial charge in [-0.25, -0.2) is 4.79 Å². The fourth-order valence-electron chi connectivity index (χ4n) is 3.90. The van der Waals surface area contributed by atoms with Gasteiger partial charge in [0.25, 0.3) is 5.91 Å². The van der Waals surface area contributed by atoms with E-state index in [-0.39, 0.29) is 11.9 Å². The molecular weight excluding hydrogens is 418 g/mol. The summed E-state index contributed by atoms with van der Waals surface area (Å²) < 4.78 is 10.6. The van der Waals surface area contributed by atoms with Gasteiger partial charge in [-0.2, -0.15) is 0 Å². The van der Waals surface area contributed by atoms with E-state index in [0.29, 0.717) is 36.6 Å². The third-order valence-electron chi connectivity index (χ3n) is 5.63. The first-order chi connectivity index (χ1) is 16.1. The molecule has 3 aromatic carbocycles. The highest BCUT2D eigenvalue weighted by molar-refractivity contribution is 6.04. The molecular formula is C26H27N3O4. The second kappa shape index (κ2) is 10.1. The lowest BCUT2D eigenvalue weighted by atomic mass is 10.1. The predicted molar refractivity (Wildman–Crippen MR) is 128 cm³/mol. The number of methoxy groups -OCH3 is 2. The molecule has 0 aromatic heterocycles. The first-order valence-electron chi connectivity index (χ1n) is 10.8. The zero-order valence-corrected chi connectivity index (χ0v) is 18.8. The molecule has 1 saturated heterocycles. The molecule has 4 rings (SSSR count). The molecule has 33 heavy (non-hydrogen) atoms. The first-order valence-corrected chi connectivity index (χ1v) is 10.8. The smallest absolute Gasteiger partial charge is 0.324 e. The van der Waals surface area contributed by atoms with Crippen molar-refractivity contribution in [2.45, 2.75) is 13.0 Å². The molecule has 0 aliphatic carbocycles. The molecule has 7 heteroatoms. The molecule has 0 unspecified atom stereocenters. The Bertz CT molecular complexity index is 1130. The number of urea groups is 1. The van der Waals surface area contributed by atoms with E-state index in [9.17, 15) is 9.59 Å². The molecule has 1 heterocycles. The van der Waals surface area contributed by atoms with Crippen LogP contribution in [0.2, 0.25) is 0 Å². The Morgan fingerprint density at radius 3 is 2.48 bits per heavy atom. The van der Waals surface area contributed by atoms with Crippen LogP contribution in [-0.4, -0.2) is 44.1 Å². The monoisotopic (exact) mass is 445 g/mol. The summed E-state index contributed by atoms with van der Waals surface area (Å²) in [5.41, 5.74) is 2.94. The van der Waals surface area contributed by atoms with Gasteiger partial charge in [-0.05, 0) is 55.0 Å². The summed E-state index contributed by atoms with van der Waals surface area (Å²) in [6, 6.07) is 22.0. The number of hydrogen-bond acceptors (Lipinski definition) is 4. The van der Waals surface area contributed by atoms with Crippen molar-refractivity contribution in [1.29, 1.82) is 0 Å². The highest BCUT2D eigenvalue weighted by Crippen LogP contribution is 2.26. The number of para-hydroxylation sites is 1. The van der Waals surface area contributed by atoms with Crippen molar-refractivity contribution in [1.82, 2.24) is 4.90 Å². The predicted octanol–water partition coefficient (Wildman–Crippen LogP) is 4.79. The summed E-state index contributed by atoms with van der Waals surface area (Å²) in [5.74, 6) is 1.18. The van der Waals surface area contributed by atoms with Crippen LogP contribution in [-0.2, 0) is 6.54 Å². The third-order valence-corrected chi connectivity index (χ3v) is 5.63. The van der Waals surface area contributed by atoms with Crippen molar-refractivity contribution in [3.05, 3.63) is 83.9 Å². The Kier molecular flexibility index (Phi) is 6.78. The first kappa shape index (κ1) is 22.2. The van der Waals surface area contributed by atoms with Crippen LogP contribution in [0.15, 0.2) is 72.8 Å². The van der Waals surface area contributed by atoms with Crippen LogP contribution < -0.4 is 19.7 Å². The average Bonchev–Trinajstić information content (AvgIpc) is 2.86. The summed E-state index contributed by atoms with van der Waals surface area (Å²) in [4.78, 5) is 29.3. The van der Waals surface area contributed by atoms with Gasteiger partial charge < -0.3 is 19.7 Å². The van der Waals surface area contributed by atoms with Crippen molar-refractivity contribution in [2.24, 2.45) is 0 Å². The number of anilines is 2. The molecule has 1 aliphatic heterocycles. The number of rotatable bonds is 7. The van der Waals surface area contributed by atoms with Crippen molar-refractivity contribution in [3.63, 3.8) is 0 Å². The molecule has 1 fully saturated rings. The summed E-state index contributed by atoms with van der Waals surface area (Å²) in [5, 5.41) is 2.88. The van der Waals surface area contributed by atoms with E-state index in [1.165, 1.54) is 0 Å². The Morgan fingerprint density at radius 1 is 0.939 bits per heavy atom. The number of hydrogen-bond donors (Lipinski definition) is 1. The maximum atomic E-state index is 13.2. The lowest BCUT2D eigenvalue weighted by molar-refractivity contribution is 0.102. The Balaban J connectivity index is 1.43. The second-order valence-corrected chi connectivity index (χ2v) is 7.75. The van der Waals surface area contributed by atoms with Crippen LogP contribution in [0.3, 0.4) is 0 Å². The minimum Gasteiger partial charge on any atom is -0.497 e. The van der Waals surface area contributed by atoms with E-state index in [0.717, 1.165) is 23.4 Å². The molecule has 1 N–H and O–H groups in total. The SMILES string of the molecule is COc1cccc(C(=O)Nc2ccc(N3CCCN(Cc4ccccc4OC)C3=O)cc2)c1. The zero-order chi connectivity index (χ0) is 23.2. The Hall–Kier alpha value is -4.00. The number of carbonyl (C=O) groups is 2. The molecule has 7 nitrogen and oxygen atoms in total. The van der Waals surface area contributed by atoms with E-state index < -0.39 is 0 Å². The van der Waals surface area contributed by atoms with E-state index in [1.54, 1.807) is 55.5 Å². The summed E-state index contributed by atoms with van der Waals surface area (Å²) in [7, 11) is 3.20. The van der Waals surface area contributed by atoms with Crippen LogP contribution in [0, 0.1) is 0 Å². The fourth-order valence-corrected chi connectivity index (χ4v) is 3.90. The highest BCUT2D eigenvalue weighted by Gasteiger charge is 2.27. The molecule has 0 saturated carbocycles. The van der Waals surface area contributed by atoms with E-state index in [2.05, 4.69) is 5.32 Å². The largest absolute Gasteiger partial charge is 0.497 e. The van der Waals surface area contributed by atoms with Gasteiger partial charge in [0.1, 0.15) is 11.5 Å². The summed E-state index contributed by atoms with van der Waals surface area (Å²) in [6.07, 6.45) is 0.870. The number of ether oxygens (including phenoxy) is 2. The van der Waals surface area contributed by atoms with Crippen LogP contribution >= 0.6 is 0 Å². The zero-order valence-electron chi connectivity index (χ0n) is 18.8. The van der Waals surface area contributed by atoms with Gasteiger partial charge in [0.2, 0.25) is 0 Å². The molecule has 3 aromatic rings. The molecule has 3 amide bonds. The number of benzene rings is 3. The van der Waals surface area contributed by atoms with Gasteiger partial charge in [0.15, 0.2) is 0 Å². The van der Waals surface area contributed by atoms with Crippen LogP contribution in [0.1, 0.15) is 22.3 Å². The van der Waals surface area contributed by atoms with Gasteiger partial charge in [-0.3, -0.25) is 9.69 Å². The van der Waals surface area contributed by atoms with Gasteiger partial charge in [-0.15, -0.1) is 0 Å². The quantitative estimate of drug-likeness (QED) is 0.568. The molecule has 170 valence electrons. The summed E-state index contributed by atoms with van der Waals surface area (Å²) in [6.45, 7) is 1.84. The Morgan fingerprint density at radius 2 is 1.73 bits per heavy atom. The lowest BCUT2D eigenvalue weighted by Crippen LogP contribution is -2.49. The maximum Gasteiger partial charge on any atom is 0.324 e. The van der Waals surface area contributed by atoms with E-state index in [4.69, 9.17) is 9.47 Å². The highest BCUT2D eigenvalue weighted by atomic mass is 16.5. The topological polar surface area (TPSA) is 71.1 Å². The Labute approximate surface area is 193 Å². The van der Waals surface area contributed by atoms with Crippen LogP contribution in [0.5, 0.6) is 11.5 Å². The van der Waals surface area contributed by atoms with Crippen LogP contribution in [0.25, 0.3) is 0 Å². The van der Waals surface area contributed by atoms with E-state index >= 15 is 0 Å². The van der Waals surface area contributed by atoms with E-state index in [1.807, 2.05) is 41.3 Å². The number of amides is 3. The van der Waals surface area contributed by atoms with Gasteiger partial charge >= 0.3 is 6.03 Å². The minimum absolute atomic E-state index is 0.0414. The van der Waals surface area contributed by atoms with Crippen molar-refractivity contribution in [2.75, 3.05) is 37.5 Å². The van der Waals surface area contributed by atoms with Gasteiger partial charge in [0, 0.05) is 35.6 Å². The molecule has 1 aliphatic rings. The number of carbonyl (C=O) groups excluding carboxylic acids is 2.